The molecule has 5 rings (SSSR count). The van der Waals surface area contributed by atoms with Crippen molar-refractivity contribution in [2.75, 3.05) is 36.0 Å². The predicted molar refractivity (Wildman–Crippen MR) is 110 cm³/mol. The summed E-state index contributed by atoms with van der Waals surface area (Å²) in [5.74, 6) is 0.940. The third-order valence-corrected chi connectivity index (χ3v) is 5.92. The average molecular weight is 412 g/mol. The molecule has 2 aliphatic rings. The zero-order valence-electron chi connectivity index (χ0n) is 16.5. The zero-order valence-corrected chi connectivity index (χ0v) is 16.5. The van der Waals surface area contributed by atoms with Crippen LogP contribution in [-0.2, 0) is 19.4 Å². The number of hydrogen-bond donors (Lipinski definition) is 0. The number of alkyl halides is 2. The summed E-state index contributed by atoms with van der Waals surface area (Å²) in [5, 5.41) is 9.15. The molecule has 0 N–H and O–H groups in total. The summed E-state index contributed by atoms with van der Waals surface area (Å²) < 4.78 is 26.2. The van der Waals surface area contributed by atoms with Gasteiger partial charge in [-0.2, -0.15) is 5.10 Å². The molecule has 1 saturated heterocycles. The molecule has 0 atom stereocenters. The third-order valence-electron chi connectivity index (χ3n) is 5.92. The molecule has 3 heterocycles. The van der Waals surface area contributed by atoms with Crippen LogP contribution in [0.4, 0.5) is 20.3 Å². The Balaban J connectivity index is 1.31. The molecule has 1 fully saturated rings. The zero-order chi connectivity index (χ0) is 20.7. The van der Waals surface area contributed by atoms with E-state index in [9.17, 15) is 13.6 Å². The van der Waals surface area contributed by atoms with Crippen molar-refractivity contribution in [2.24, 2.45) is 0 Å². The Morgan fingerprint density at radius 1 is 1.00 bits per heavy atom. The molecular formula is C21H22F2N6O. The number of benzene rings is 1. The van der Waals surface area contributed by atoms with E-state index in [0.717, 1.165) is 67.2 Å². The lowest BCUT2D eigenvalue weighted by atomic mass is 10.2. The molecule has 1 aromatic carbocycles. The van der Waals surface area contributed by atoms with Gasteiger partial charge in [-0.05, 0) is 49.1 Å². The van der Waals surface area contributed by atoms with Gasteiger partial charge in [-0.15, -0.1) is 5.10 Å². The maximum Gasteiger partial charge on any atom is 0.261 e. The molecule has 0 spiro atoms. The second kappa shape index (κ2) is 7.62. The first-order valence-corrected chi connectivity index (χ1v) is 10.2. The Morgan fingerprint density at radius 3 is 2.60 bits per heavy atom. The summed E-state index contributed by atoms with van der Waals surface area (Å²) >= 11 is 0. The molecule has 3 aromatic rings. The summed E-state index contributed by atoms with van der Waals surface area (Å²) in [6.07, 6.45) is 1.88. The molecule has 0 bridgehead atoms. The van der Waals surface area contributed by atoms with E-state index >= 15 is 0 Å². The summed E-state index contributed by atoms with van der Waals surface area (Å²) in [4.78, 5) is 21.1. The van der Waals surface area contributed by atoms with Crippen molar-refractivity contribution in [1.29, 1.82) is 0 Å². The van der Waals surface area contributed by atoms with Gasteiger partial charge in [-0.25, -0.2) is 13.8 Å². The molecular weight excluding hydrogens is 390 g/mol. The smallest absolute Gasteiger partial charge is 0.261 e. The Hall–Kier alpha value is -3.10. The van der Waals surface area contributed by atoms with Gasteiger partial charge in [0.25, 0.3) is 12.0 Å². The van der Waals surface area contributed by atoms with Crippen molar-refractivity contribution in [3.05, 3.63) is 52.2 Å². The SMILES string of the molecule is O=c1c2ccc(N3CCN(c4cc5c(nn4)CCC5)CC3)cc2ncn1CC(F)F. The van der Waals surface area contributed by atoms with Crippen LogP contribution >= 0.6 is 0 Å². The van der Waals surface area contributed by atoms with Crippen LogP contribution in [0.2, 0.25) is 0 Å². The summed E-state index contributed by atoms with van der Waals surface area (Å²) in [6, 6.07) is 7.58. The van der Waals surface area contributed by atoms with E-state index in [1.165, 1.54) is 11.9 Å². The molecule has 0 saturated carbocycles. The van der Waals surface area contributed by atoms with Crippen molar-refractivity contribution in [3.8, 4) is 0 Å². The number of aryl methyl sites for hydroxylation is 2. The molecule has 0 unspecified atom stereocenters. The highest BCUT2D eigenvalue weighted by Crippen LogP contribution is 2.25. The monoisotopic (exact) mass is 412 g/mol. The molecule has 9 heteroatoms. The predicted octanol–water partition coefficient (Wildman–Crippen LogP) is 2.27. The first-order chi connectivity index (χ1) is 14.6. The van der Waals surface area contributed by atoms with Crippen LogP contribution in [0, 0.1) is 0 Å². The number of aromatic nitrogens is 4. The van der Waals surface area contributed by atoms with Crippen LogP contribution in [0.25, 0.3) is 10.9 Å². The second-order valence-corrected chi connectivity index (χ2v) is 7.80. The van der Waals surface area contributed by atoms with Crippen molar-refractivity contribution >= 4 is 22.4 Å². The van der Waals surface area contributed by atoms with Crippen LogP contribution in [-0.4, -0.2) is 52.4 Å². The molecule has 156 valence electrons. The van der Waals surface area contributed by atoms with E-state index < -0.39 is 18.5 Å². The van der Waals surface area contributed by atoms with E-state index in [0.29, 0.717) is 10.9 Å². The molecule has 30 heavy (non-hydrogen) atoms. The summed E-state index contributed by atoms with van der Waals surface area (Å²) in [6.45, 7) is 2.64. The summed E-state index contributed by atoms with van der Waals surface area (Å²) in [5.41, 5.74) is 3.51. The average Bonchev–Trinajstić information content (AvgIpc) is 3.23. The van der Waals surface area contributed by atoms with Crippen molar-refractivity contribution in [2.45, 2.75) is 32.2 Å². The van der Waals surface area contributed by atoms with E-state index in [4.69, 9.17) is 0 Å². The van der Waals surface area contributed by atoms with E-state index in [-0.39, 0.29) is 0 Å². The molecule has 2 aromatic heterocycles. The number of piperazine rings is 1. The lowest BCUT2D eigenvalue weighted by Crippen LogP contribution is -2.47. The number of rotatable bonds is 4. The largest absolute Gasteiger partial charge is 0.368 e. The Morgan fingerprint density at radius 2 is 1.80 bits per heavy atom. The fraction of sp³-hybridized carbons (Fsp3) is 0.429. The fourth-order valence-electron chi connectivity index (χ4n) is 4.29. The number of fused-ring (bicyclic) bond motifs is 2. The lowest BCUT2D eigenvalue weighted by Gasteiger charge is -2.36. The van der Waals surface area contributed by atoms with Gasteiger partial charge in [0.1, 0.15) is 0 Å². The number of anilines is 2. The van der Waals surface area contributed by atoms with Crippen LogP contribution in [0.3, 0.4) is 0 Å². The van der Waals surface area contributed by atoms with Crippen LogP contribution < -0.4 is 15.4 Å². The summed E-state index contributed by atoms with van der Waals surface area (Å²) in [7, 11) is 0. The second-order valence-electron chi connectivity index (χ2n) is 7.80. The maximum atomic E-state index is 12.6. The van der Waals surface area contributed by atoms with Crippen LogP contribution in [0.1, 0.15) is 17.7 Å². The normalized spacial score (nSPS) is 16.5. The molecule has 7 nitrogen and oxygen atoms in total. The van der Waals surface area contributed by atoms with Crippen LogP contribution in [0.15, 0.2) is 35.4 Å². The lowest BCUT2D eigenvalue weighted by molar-refractivity contribution is 0.125. The van der Waals surface area contributed by atoms with Gasteiger partial charge in [0.15, 0.2) is 5.82 Å². The number of halogens is 2. The van der Waals surface area contributed by atoms with Gasteiger partial charge in [0.05, 0.1) is 29.5 Å². The fourth-order valence-corrected chi connectivity index (χ4v) is 4.29. The van der Waals surface area contributed by atoms with E-state index in [2.05, 4.69) is 31.0 Å². The third kappa shape index (κ3) is 3.48. The van der Waals surface area contributed by atoms with E-state index in [1.807, 2.05) is 12.1 Å². The number of nitrogens with zero attached hydrogens (tertiary/aromatic N) is 6. The standard InChI is InChI=1S/C21H22F2N6O/c22-19(23)12-29-13-24-18-11-15(4-5-16(18)21(29)30)27-6-8-28(9-7-27)20-10-14-2-1-3-17(14)25-26-20/h4-5,10-11,13,19H,1-3,6-9,12H2. The highest BCUT2D eigenvalue weighted by molar-refractivity contribution is 5.81. The van der Waals surface area contributed by atoms with Gasteiger partial charge in [-0.3, -0.25) is 9.36 Å². The number of hydrogen-bond acceptors (Lipinski definition) is 6. The van der Waals surface area contributed by atoms with E-state index in [1.54, 1.807) is 6.07 Å². The van der Waals surface area contributed by atoms with Crippen molar-refractivity contribution in [3.63, 3.8) is 0 Å². The van der Waals surface area contributed by atoms with Crippen molar-refractivity contribution in [1.82, 2.24) is 19.7 Å². The van der Waals surface area contributed by atoms with Gasteiger partial charge in [-0.1, -0.05) is 0 Å². The molecule has 0 amide bonds. The van der Waals surface area contributed by atoms with Crippen molar-refractivity contribution < 1.29 is 8.78 Å². The highest BCUT2D eigenvalue weighted by Gasteiger charge is 2.21. The highest BCUT2D eigenvalue weighted by atomic mass is 19.3. The minimum absolute atomic E-state index is 0.356. The quantitative estimate of drug-likeness (QED) is 0.655. The van der Waals surface area contributed by atoms with Gasteiger partial charge in [0, 0.05) is 31.9 Å². The Bertz CT molecular complexity index is 1140. The minimum Gasteiger partial charge on any atom is -0.368 e. The van der Waals surface area contributed by atoms with Gasteiger partial charge >= 0.3 is 0 Å². The minimum atomic E-state index is -2.59. The van der Waals surface area contributed by atoms with Gasteiger partial charge < -0.3 is 9.80 Å². The molecule has 0 radical (unpaired) electrons. The Labute approximate surface area is 172 Å². The topological polar surface area (TPSA) is 67.2 Å². The van der Waals surface area contributed by atoms with Gasteiger partial charge in [0.2, 0.25) is 0 Å². The van der Waals surface area contributed by atoms with Crippen LogP contribution in [0.5, 0.6) is 0 Å². The first-order valence-electron chi connectivity index (χ1n) is 10.2. The maximum absolute atomic E-state index is 12.6. The Kier molecular flexibility index (Phi) is 4.80. The molecule has 1 aliphatic carbocycles. The molecule has 1 aliphatic heterocycles. The first kappa shape index (κ1) is 18.9.